The largest absolute Gasteiger partial charge is 0.508 e. The second-order valence-electron chi connectivity index (χ2n) is 9.14. The van der Waals surface area contributed by atoms with E-state index in [9.17, 15) is 5.11 Å². The first-order chi connectivity index (χ1) is 14.0. The fourth-order valence-corrected chi connectivity index (χ4v) is 6.36. The van der Waals surface area contributed by atoms with E-state index in [0.717, 1.165) is 29.3 Å². The van der Waals surface area contributed by atoms with Gasteiger partial charge >= 0.3 is 0 Å². The highest BCUT2D eigenvalue weighted by Gasteiger charge is 2.53. The summed E-state index contributed by atoms with van der Waals surface area (Å²) in [6.07, 6.45) is 8.80. The Bertz CT molecular complexity index is 981. The van der Waals surface area contributed by atoms with Gasteiger partial charge in [-0.15, -0.1) is 0 Å². The highest BCUT2D eigenvalue weighted by molar-refractivity contribution is 6.30. The molecule has 2 aromatic rings. The number of aromatic hydroxyl groups is 1. The summed E-state index contributed by atoms with van der Waals surface area (Å²) in [5.41, 5.74) is 5.31. The van der Waals surface area contributed by atoms with Crippen LogP contribution in [0.3, 0.4) is 0 Å². The van der Waals surface area contributed by atoms with Crippen LogP contribution < -0.4 is 0 Å². The minimum atomic E-state index is 0.174. The molecule has 3 aliphatic rings. The number of nitrogens with zero attached hydrogens (tertiary/aromatic N) is 2. The van der Waals surface area contributed by atoms with Crippen molar-refractivity contribution in [3.05, 3.63) is 64.2 Å². The molecule has 5 rings (SSSR count). The molecule has 2 aromatic carbocycles. The summed E-state index contributed by atoms with van der Waals surface area (Å²) >= 11 is 5.95. The third-order valence-corrected chi connectivity index (χ3v) is 7.96. The number of hydrogen-bond donors (Lipinski definition) is 1. The van der Waals surface area contributed by atoms with E-state index in [1.165, 1.54) is 42.5 Å². The van der Waals surface area contributed by atoms with Crippen molar-refractivity contribution < 1.29 is 5.11 Å². The van der Waals surface area contributed by atoms with Crippen molar-refractivity contribution in [2.24, 2.45) is 27.5 Å². The zero-order valence-electron chi connectivity index (χ0n) is 16.8. The lowest BCUT2D eigenvalue weighted by Crippen LogP contribution is -2.42. The zero-order valence-corrected chi connectivity index (χ0v) is 17.6. The van der Waals surface area contributed by atoms with Crippen LogP contribution in [-0.2, 0) is 6.42 Å². The standard InChI is InChI=1S/C25H27ClN2O/c1-25-13-12-21-20-9-7-19(29)14-17(20)4-8-22(21)23(25)10-11-24(25)28-27-15-16-2-5-18(26)6-3-16/h2-3,5-7,9,14-15,21-23,29H,4,8,10-13H2,1H3/b27-15+,28-24+. The van der Waals surface area contributed by atoms with Crippen molar-refractivity contribution in [3.8, 4) is 5.75 Å². The summed E-state index contributed by atoms with van der Waals surface area (Å²) < 4.78 is 0. The first-order valence-electron chi connectivity index (χ1n) is 10.7. The third-order valence-electron chi connectivity index (χ3n) is 7.71. The monoisotopic (exact) mass is 406 g/mol. The van der Waals surface area contributed by atoms with Crippen molar-refractivity contribution in [2.75, 3.05) is 0 Å². The Hall–Kier alpha value is -2.13. The number of benzene rings is 2. The van der Waals surface area contributed by atoms with Gasteiger partial charge in [-0.2, -0.15) is 10.2 Å². The van der Waals surface area contributed by atoms with Crippen molar-refractivity contribution >= 4 is 23.5 Å². The Kier molecular flexibility index (Phi) is 4.74. The van der Waals surface area contributed by atoms with Crippen molar-refractivity contribution in [1.29, 1.82) is 0 Å². The molecule has 0 saturated heterocycles. The van der Waals surface area contributed by atoms with Crippen LogP contribution in [0.15, 0.2) is 52.7 Å². The Labute approximate surface area is 177 Å². The lowest BCUT2D eigenvalue weighted by Gasteiger charge is -2.49. The molecule has 150 valence electrons. The summed E-state index contributed by atoms with van der Waals surface area (Å²) in [4.78, 5) is 0. The molecule has 0 spiro atoms. The van der Waals surface area contributed by atoms with Crippen LogP contribution in [0, 0.1) is 17.3 Å². The maximum atomic E-state index is 9.85. The molecular formula is C25H27ClN2O. The van der Waals surface area contributed by atoms with Crippen molar-refractivity contribution in [3.63, 3.8) is 0 Å². The number of fused-ring (bicyclic) bond motifs is 5. The first-order valence-corrected chi connectivity index (χ1v) is 11.1. The summed E-state index contributed by atoms with van der Waals surface area (Å²) in [5.74, 6) is 2.44. The number of halogens is 1. The van der Waals surface area contributed by atoms with E-state index in [0.29, 0.717) is 17.6 Å². The fraction of sp³-hybridized carbons (Fsp3) is 0.440. The first kappa shape index (κ1) is 18.9. The lowest BCUT2D eigenvalue weighted by molar-refractivity contribution is 0.0955. The van der Waals surface area contributed by atoms with Gasteiger partial charge in [-0.3, -0.25) is 0 Å². The molecule has 0 amide bonds. The van der Waals surface area contributed by atoms with Crippen LogP contribution in [0.25, 0.3) is 0 Å². The Morgan fingerprint density at radius 3 is 2.72 bits per heavy atom. The lowest BCUT2D eigenvalue weighted by atomic mass is 9.55. The fourth-order valence-electron chi connectivity index (χ4n) is 6.24. The Morgan fingerprint density at radius 2 is 1.90 bits per heavy atom. The minimum Gasteiger partial charge on any atom is -0.508 e. The van der Waals surface area contributed by atoms with E-state index in [-0.39, 0.29) is 5.41 Å². The molecular weight excluding hydrogens is 380 g/mol. The van der Waals surface area contributed by atoms with Crippen LogP contribution in [0.1, 0.15) is 61.6 Å². The van der Waals surface area contributed by atoms with Crippen molar-refractivity contribution in [1.82, 2.24) is 0 Å². The smallest absolute Gasteiger partial charge is 0.115 e. The topological polar surface area (TPSA) is 45.0 Å². The van der Waals surface area contributed by atoms with Crippen LogP contribution in [0.5, 0.6) is 5.75 Å². The molecule has 3 nitrogen and oxygen atoms in total. The molecule has 0 aromatic heterocycles. The number of rotatable bonds is 2. The summed E-state index contributed by atoms with van der Waals surface area (Å²) in [6, 6.07) is 13.7. The van der Waals surface area contributed by atoms with Crippen LogP contribution in [0.2, 0.25) is 5.02 Å². The molecule has 0 aliphatic heterocycles. The molecule has 1 N–H and O–H groups in total. The van der Waals surface area contributed by atoms with E-state index in [1.54, 1.807) is 0 Å². The molecule has 29 heavy (non-hydrogen) atoms. The van der Waals surface area contributed by atoms with Crippen LogP contribution in [-0.4, -0.2) is 17.0 Å². The van der Waals surface area contributed by atoms with Crippen LogP contribution in [0.4, 0.5) is 0 Å². The van der Waals surface area contributed by atoms with Gasteiger partial charge in [-0.1, -0.05) is 36.7 Å². The number of aryl methyl sites for hydroxylation is 1. The molecule has 0 bridgehead atoms. The van der Waals surface area contributed by atoms with Crippen LogP contribution >= 0.6 is 11.6 Å². The highest BCUT2D eigenvalue weighted by Crippen LogP contribution is 2.60. The summed E-state index contributed by atoms with van der Waals surface area (Å²) in [5, 5.41) is 19.7. The van der Waals surface area contributed by atoms with Gasteiger partial charge in [0, 0.05) is 16.1 Å². The SMILES string of the molecule is CC12CCC3c4ccc(O)cc4CCC3C1CC/C2=N\N=C\c1ccc(Cl)cc1. The summed E-state index contributed by atoms with van der Waals surface area (Å²) in [6.45, 7) is 2.42. The third kappa shape index (κ3) is 3.30. The minimum absolute atomic E-state index is 0.174. The zero-order chi connectivity index (χ0) is 20.0. The molecule has 3 aliphatic carbocycles. The predicted octanol–water partition coefficient (Wildman–Crippen LogP) is 6.38. The van der Waals surface area contributed by atoms with Gasteiger partial charge in [-0.25, -0.2) is 0 Å². The average molecular weight is 407 g/mol. The van der Waals surface area contributed by atoms with Gasteiger partial charge in [0.25, 0.3) is 0 Å². The average Bonchev–Trinajstić information content (AvgIpc) is 3.05. The number of phenolic OH excluding ortho intramolecular Hbond substituents is 1. The second-order valence-corrected chi connectivity index (χ2v) is 9.57. The van der Waals surface area contributed by atoms with Gasteiger partial charge in [0.15, 0.2) is 0 Å². The molecule has 4 unspecified atom stereocenters. The van der Waals surface area contributed by atoms with Gasteiger partial charge < -0.3 is 5.11 Å². The van der Waals surface area contributed by atoms with E-state index < -0.39 is 0 Å². The number of phenols is 1. The van der Waals surface area contributed by atoms with E-state index >= 15 is 0 Å². The second kappa shape index (κ2) is 7.28. The Balaban J connectivity index is 1.37. The van der Waals surface area contributed by atoms with Gasteiger partial charge in [0.1, 0.15) is 5.75 Å². The molecule has 0 radical (unpaired) electrons. The van der Waals surface area contributed by atoms with E-state index in [2.05, 4.69) is 18.1 Å². The predicted molar refractivity (Wildman–Crippen MR) is 119 cm³/mol. The molecule has 2 fully saturated rings. The van der Waals surface area contributed by atoms with E-state index in [4.69, 9.17) is 16.7 Å². The van der Waals surface area contributed by atoms with Crippen molar-refractivity contribution in [2.45, 2.75) is 51.4 Å². The normalized spacial score (nSPS) is 32.2. The van der Waals surface area contributed by atoms with Gasteiger partial charge in [0.05, 0.1) is 6.21 Å². The molecule has 4 atom stereocenters. The number of hydrogen-bond acceptors (Lipinski definition) is 3. The molecule has 4 heteroatoms. The molecule has 0 heterocycles. The quantitative estimate of drug-likeness (QED) is 0.456. The Morgan fingerprint density at radius 1 is 1.07 bits per heavy atom. The van der Waals surface area contributed by atoms with E-state index in [1.807, 2.05) is 42.6 Å². The maximum Gasteiger partial charge on any atom is 0.115 e. The highest BCUT2D eigenvalue weighted by atomic mass is 35.5. The maximum absolute atomic E-state index is 9.85. The summed E-state index contributed by atoms with van der Waals surface area (Å²) in [7, 11) is 0. The van der Waals surface area contributed by atoms with Gasteiger partial charge in [-0.05, 0) is 97.2 Å². The molecule has 2 saturated carbocycles. The van der Waals surface area contributed by atoms with Gasteiger partial charge in [0.2, 0.25) is 0 Å².